The van der Waals surface area contributed by atoms with Crippen molar-refractivity contribution in [2.45, 2.75) is 59.5 Å². The second-order valence-corrected chi connectivity index (χ2v) is 10.4. The number of rotatable bonds is 4. The highest BCUT2D eigenvalue weighted by Gasteiger charge is 2.38. The third-order valence-corrected chi connectivity index (χ3v) is 6.30. The van der Waals surface area contributed by atoms with Crippen LogP contribution in [0.1, 0.15) is 58.0 Å². The van der Waals surface area contributed by atoms with E-state index in [4.69, 9.17) is 4.74 Å². The van der Waals surface area contributed by atoms with Crippen LogP contribution in [0.25, 0.3) is 5.65 Å². The topological polar surface area (TPSA) is 95.6 Å². The number of halogens is 3. The van der Waals surface area contributed by atoms with Gasteiger partial charge in [0, 0.05) is 32.0 Å². The molecule has 0 unspecified atom stereocenters. The van der Waals surface area contributed by atoms with Crippen molar-refractivity contribution in [3.8, 4) is 6.07 Å². The van der Waals surface area contributed by atoms with Crippen LogP contribution in [0.2, 0.25) is 0 Å². The van der Waals surface area contributed by atoms with E-state index in [1.54, 1.807) is 27.7 Å². The summed E-state index contributed by atoms with van der Waals surface area (Å²) in [5.41, 5.74) is 0.0315. The summed E-state index contributed by atoms with van der Waals surface area (Å²) in [4.78, 5) is 18.1. The number of amides is 1. The monoisotopic (exact) mass is 512 g/mol. The minimum Gasteiger partial charge on any atom is -0.444 e. The highest BCUT2D eigenvalue weighted by Crippen LogP contribution is 2.40. The van der Waals surface area contributed by atoms with Crippen LogP contribution in [-0.2, 0) is 10.7 Å². The molecule has 8 nitrogen and oxygen atoms in total. The van der Waals surface area contributed by atoms with E-state index in [-0.39, 0.29) is 16.6 Å². The van der Waals surface area contributed by atoms with Crippen LogP contribution in [0.5, 0.6) is 0 Å². The Morgan fingerprint density at radius 2 is 2.03 bits per heavy atom. The maximum atomic E-state index is 14.0. The second-order valence-electron chi connectivity index (χ2n) is 9.65. The number of anilines is 1. The summed E-state index contributed by atoms with van der Waals surface area (Å²) in [7, 11) is 0. The van der Waals surface area contributed by atoms with Crippen LogP contribution in [0, 0.1) is 23.7 Å². The number of nitrogens with zero attached hydrogens (tertiary/aromatic N) is 5. The zero-order chi connectivity index (χ0) is 24.1. The predicted molar refractivity (Wildman–Crippen MR) is 119 cm³/mol. The number of nitrogens with one attached hydrogen (secondary N) is 1. The molecule has 0 aromatic carbocycles. The summed E-state index contributed by atoms with van der Waals surface area (Å²) < 4.78 is 35.1. The van der Waals surface area contributed by atoms with Gasteiger partial charge in [-0.25, -0.2) is 9.78 Å². The molecule has 0 saturated carbocycles. The third kappa shape index (κ3) is 4.80. The van der Waals surface area contributed by atoms with E-state index >= 15 is 0 Å². The van der Waals surface area contributed by atoms with E-state index in [0.29, 0.717) is 35.5 Å². The first-order chi connectivity index (χ1) is 14.6. The van der Waals surface area contributed by atoms with Crippen molar-refractivity contribution in [2.75, 3.05) is 24.5 Å². The predicted octanol–water partition coefficient (Wildman–Crippen LogP) is 4.52. The summed E-state index contributed by atoms with van der Waals surface area (Å²) >= 11 is 3.54. The maximum Gasteiger partial charge on any atom is 0.407 e. The van der Waals surface area contributed by atoms with Gasteiger partial charge in [-0.05, 0) is 55.6 Å². The molecule has 3 rings (SSSR count). The van der Waals surface area contributed by atoms with Gasteiger partial charge in [0.1, 0.15) is 23.1 Å². The molecular formula is C21H27BrF2N6O2. The van der Waals surface area contributed by atoms with Gasteiger partial charge in [-0.2, -0.15) is 18.6 Å². The number of ether oxygens (including phenoxy) is 1. The van der Waals surface area contributed by atoms with Crippen molar-refractivity contribution in [1.82, 2.24) is 19.9 Å². The third-order valence-electron chi connectivity index (χ3n) is 5.35. The molecular weight excluding hydrogens is 486 g/mol. The molecule has 2 aromatic rings. The van der Waals surface area contributed by atoms with Gasteiger partial charge in [0.15, 0.2) is 5.65 Å². The van der Waals surface area contributed by atoms with Crippen molar-refractivity contribution < 1.29 is 18.3 Å². The Kier molecular flexibility index (Phi) is 6.15. The molecule has 0 spiro atoms. The summed E-state index contributed by atoms with van der Waals surface area (Å²) in [6, 6.07) is 2.05. The van der Waals surface area contributed by atoms with Crippen molar-refractivity contribution in [1.29, 1.82) is 5.26 Å². The van der Waals surface area contributed by atoms with E-state index in [9.17, 15) is 18.8 Å². The highest BCUT2D eigenvalue weighted by molar-refractivity contribution is 9.10. The van der Waals surface area contributed by atoms with Gasteiger partial charge in [0.25, 0.3) is 0 Å². The van der Waals surface area contributed by atoms with Gasteiger partial charge in [-0.3, -0.25) is 0 Å². The van der Waals surface area contributed by atoms with Gasteiger partial charge in [-0.1, -0.05) is 6.92 Å². The first kappa shape index (κ1) is 24.2. The van der Waals surface area contributed by atoms with Crippen LogP contribution < -0.4 is 10.2 Å². The first-order valence-corrected chi connectivity index (χ1v) is 11.0. The number of alkyl carbamates (subject to hydrolysis) is 1. The summed E-state index contributed by atoms with van der Waals surface area (Å²) in [6.45, 7) is 11.5. The maximum absolute atomic E-state index is 14.0. The lowest BCUT2D eigenvalue weighted by atomic mass is 9.90. The zero-order valence-electron chi connectivity index (χ0n) is 19.0. The standard InChI is InChI=1S/C21H27BrF2N6O2/c1-12-13(9-25)15-27-17(21(6,23)24)28-30(15)16(14(12)22)29-8-7-20(5,11-29)10-26-18(31)32-19(2,3)4/h7-8,10-11H2,1-6H3,(H,26,31)/t20-/m0/s1. The number of carbonyl (C=O) groups is 1. The van der Waals surface area contributed by atoms with Crippen LogP contribution in [0.15, 0.2) is 4.47 Å². The lowest BCUT2D eigenvalue weighted by Gasteiger charge is -2.28. The molecule has 2 aromatic heterocycles. The summed E-state index contributed by atoms with van der Waals surface area (Å²) in [5.74, 6) is -3.32. The van der Waals surface area contributed by atoms with E-state index in [1.165, 1.54) is 4.52 Å². The highest BCUT2D eigenvalue weighted by atomic mass is 79.9. The molecule has 1 atom stereocenters. The number of aromatic nitrogens is 3. The molecule has 1 saturated heterocycles. The largest absolute Gasteiger partial charge is 0.444 e. The Morgan fingerprint density at radius 3 is 2.59 bits per heavy atom. The molecule has 32 heavy (non-hydrogen) atoms. The van der Waals surface area contributed by atoms with E-state index < -0.39 is 23.4 Å². The van der Waals surface area contributed by atoms with E-state index in [0.717, 1.165) is 13.3 Å². The number of pyridine rings is 1. The van der Waals surface area contributed by atoms with Gasteiger partial charge in [0.2, 0.25) is 5.82 Å². The molecule has 0 radical (unpaired) electrons. The smallest absolute Gasteiger partial charge is 0.407 e. The molecule has 174 valence electrons. The van der Waals surface area contributed by atoms with Crippen LogP contribution in [0.3, 0.4) is 0 Å². The Bertz CT molecular complexity index is 1100. The Balaban J connectivity index is 1.93. The number of hydrogen-bond acceptors (Lipinski definition) is 6. The van der Waals surface area contributed by atoms with E-state index in [2.05, 4.69) is 37.4 Å². The first-order valence-electron chi connectivity index (χ1n) is 10.2. The van der Waals surface area contributed by atoms with Crippen LogP contribution >= 0.6 is 15.9 Å². The fourth-order valence-corrected chi connectivity index (χ4v) is 4.32. The zero-order valence-corrected chi connectivity index (χ0v) is 20.6. The molecule has 0 aliphatic carbocycles. The molecule has 0 bridgehead atoms. The van der Waals surface area contributed by atoms with Crippen molar-refractivity contribution in [2.24, 2.45) is 5.41 Å². The second kappa shape index (κ2) is 8.14. The number of carbonyl (C=O) groups excluding carboxylic acids is 1. The average molecular weight is 513 g/mol. The number of hydrogen-bond donors (Lipinski definition) is 1. The number of fused-ring (bicyclic) bond motifs is 1. The minimum atomic E-state index is -3.24. The number of nitriles is 1. The molecule has 1 aliphatic rings. The summed E-state index contributed by atoms with van der Waals surface area (Å²) in [6.07, 6.45) is 0.266. The normalized spacial score (nSPS) is 19.3. The number of alkyl halides is 2. The van der Waals surface area contributed by atoms with E-state index in [1.807, 2.05) is 11.8 Å². The van der Waals surface area contributed by atoms with Gasteiger partial charge in [-0.15, -0.1) is 5.10 Å². The SMILES string of the molecule is Cc1c(Br)c(N2CC[C@@](C)(CNC(=O)OC(C)(C)C)C2)n2nc(C(C)(F)F)nc2c1C#N. The molecule has 1 N–H and O–H groups in total. The Morgan fingerprint density at radius 1 is 1.38 bits per heavy atom. The van der Waals surface area contributed by atoms with Crippen molar-refractivity contribution in [3.63, 3.8) is 0 Å². The molecule has 3 heterocycles. The molecule has 1 fully saturated rings. The van der Waals surface area contributed by atoms with Gasteiger partial charge >= 0.3 is 12.0 Å². The van der Waals surface area contributed by atoms with Gasteiger partial charge < -0.3 is 15.0 Å². The lowest BCUT2D eigenvalue weighted by molar-refractivity contribution is 0.00799. The Hall–Kier alpha value is -2.48. The quantitative estimate of drug-likeness (QED) is 0.646. The van der Waals surface area contributed by atoms with Crippen molar-refractivity contribution in [3.05, 3.63) is 21.4 Å². The van der Waals surface area contributed by atoms with Crippen LogP contribution in [-0.4, -0.2) is 45.9 Å². The van der Waals surface area contributed by atoms with Gasteiger partial charge in [0.05, 0.1) is 4.47 Å². The molecule has 1 aliphatic heterocycles. The minimum absolute atomic E-state index is 0.0974. The molecule has 11 heteroatoms. The fourth-order valence-electron chi connectivity index (χ4n) is 3.70. The van der Waals surface area contributed by atoms with Crippen LogP contribution in [0.4, 0.5) is 19.4 Å². The molecule has 1 amide bonds. The average Bonchev–Trinajstić information content (AvgIpc) is 3.25. The Labute approximate surface area is 194 Å². The van der Waals surface area contributed by atoms with Crippen molar-refractivity contribution >= 4 is 33.5 Å². The lowest BCUT2D eigenvalue weighted by Crippen LogP contribution is -2.40. The fraction of sp³-hybridized carbons (Fsp3) is 0.619. The summed E-state index contributed by atoms with van der Waals surface area (Å²) in [5, 5.41) is 16.5.